The van der Waals surface area contributed by atoms with E-state index >= 15 is 0 Å². The van der Waals surface area contributed by atoms with Crippen molar-refractivity contribution in [1.82, 2.24) is 10.2 Å². The average molecular weight is 270 g/mol. The molecule has 3 fully saturated rings. The molecule has 0 aromatic heterocycles. The zero-order valence-electron chi connectivity index (χ0n) is 12.1. The monoisotopic (exact) mass is 270 g/mol. The highest BCUT2D eigenvalue weighted by Gasteiger charge is 2.57. The number of amides is 1. The molecule has 2 aliphatic heterocycles. The van der Waals surface area contributed by atoms with Crippen LogP contribution in [0.3, 0.4) is 0 Å². The topological polar surface area (TPSA) is 32.3 Å². The predicted octanol–water partition coefficient (Wildman–Crippen LogP) is 2.68. The fourth-order valence-corrected chi connectivity index (χ4v) is 4.44. The smallest absolute Gasteiger partial charge is 0.224 e. The molecule has 0 spiro atoms. The SMILES string of the molecule is Cc1ccc([C@@]23CCC(=O)N2[C@@H]2CCCC[C@@H]2N3)cc1. The molecular formula is C17H22N2O. The Bertz CT molecular complexity index is 538. The van der Waals surface area contributed by atoms with E-state index in [-0.39, 0.29) is 5.66 Å². The molecule has 1 aromatic carbocycles. The van der Waals surface area contributed by atoms with Gasteiger partial charge in [0.15, 0.2) is 0 Å². The van der Waals surface area contributed by atoms with Crippen molar-refractivity contribution in [2.45, 2.75) is 63.2 Å². The van der Waals surface area contributed by atoms with Gasteiger partial charge in [0.2, 0.25) is 5.91 Å². The lowest BCUT2D eigenvalue weighted by molar-refractivity contribution is -0.132. The van der Waals surface area contributed by atoms with E-state index in [1.54, 1.807) is 0 Å². The Morgan fingerprint density at radius 3 is 2.75 bits per heavy atom. The van der Waals surface area contributed by atoms with Gasteiger partial charge < -0.3 is 4.90 Å². The number of hydrogen-bond acceptors (Lipinski definition) is 2. The fourth-order valence-electron chi connectivity index (χ4n) is 4.44. The van der Waals surface area contributed by atoms with Crippen LogP contribution in [0.1, 0.15) is 49.7 Å². The van der Waals surface area contributed by atoms with Crippen LogP contribution in [0.2, 0.25) is 0 Å². The van der Waals surface area contributed by atoms with Gasteiger partial charge in [-0.25, -0.2) is 0 Å². The van der Waals surface area contributed by atoms with Crippen molar-refractivity contribution in [2.75, 3.05) is 0 Å². The van der Waals surface area contributed by atoms with Crippen LogP contribution in [-0.2, 0) is 10.5 Å². The summed E-state index contributed by atoms with van der Waals surface area (Å²) < 4.78 is 0. The highest BCUT2D eigenvalue weighted by Crippen LogP contribution is 2.47. The van der Waals surface area contributed by atoms with Gasteiger partial charge in [0.25, 0.3) is 0 Å². The fraction of sp³-hybridized carbons (Fsp3) is 0.588. The predicted molar refractivity (Wildman–Crippen MR) is 78.1 cm³/mol. The van der Waals surface area contributed by atoms with E-state index in [1.807, 2.05) is 0 Å². The molecule has 1 aromatic rings. The Labute approximate surface area is 120 Å². The summed E-state index contributed by atoms with van der Waals surface area (Å²) in [5.41, 5.74) is 2.32. The highest BCUT2D eigenvalue weighted by molar-refractivity contribution is 5.81. The molecule has 20 heavy (non-hydrogen) atoms. The van der Waals surface area contributed by atoms with E-state index in [0.717, 1.165) is 12.8 Å². The number of nitrogens with zero attached hydrogens (tertiary/aromatic N) is 1. The largest absolute Gasteiger partial charge is 0.316 e. The van der Waals surface area contributed by atoms with E-state index in [0.29, 0.717) is 24.4 Å². The number of carbonyl (C=O) groups is 1. The van der Waals surface area contributed by atoms with E-state index in [4.69, 9.17) is 0 Å². The molecule has 0 radical (unpaired) electrons. The maximum atomic E-state index is 12.4. The quantitative estimate of drug-likeness (QED) is 0.851. The minimum Gasteiger partial charge on any atom is -0.316 e. The number of aryl methyl sites for hydroxylation is 1. The van der Waals surface area contributed by atoms with Crippen molar-refractivity contribution in [3.63, 3.8) is 0 Å². The van der Waals surface area contributed by atoms with Gasteiger partial charge in [0.1, 0.15) is 5.66 Å². The van der Waals surface area contributed by atoms with Crippen molar-refractivity contribution < 1.29 is 4.79 Å². The third-order valence-corrected chi connectivity index (χ3v) is 5.40. The molecule has 2 saturated heterocycles. The first kappa shape index (κ1) is 12.4. The lowest BCUT2D eigenvalue weighted by atomic mass is 9.91. The van der Waals surface area contributed by atoms with Crippen LogP contribution in [-0.4, -0.2) is 22.9 Å². The number of carbonyl (C=O) groups excluding carboxylic acids is 1. The molecule has 1 amide bonds. The molecule has 0 unspecified atom stereocenters. The van der Waals surface area contributed by atoms with Crippen molar-refractivity contribution in [3.05, 3.63) is 35.4 Å². The Morgan fingerprint density at radius 1 is 1.20 bits per heavy atom. The Morgan fingerprint density at radius 2 is 1.95 bits per heavy atom. The number of fused-ring (bicyclic) bond motifs is 3. The highest BCUT2D eigenvalue weighted by atomic mass is 16.2. The number of hydrogen-bond donors (Lipinski definition) is 1. The molecule has 1 saturated carbocycles. The number of rotatable bonds is 1. The van der Waals surface area contributed by atoms with Gasteiger partial charge in [-0.2, -0.15) is 0 Å². The van der Waals surface area contributed by atoms with E-state index in [9.17, 15) is 4.79 Å². The molecule has 3 aliphatic rings. The zero-order valence-corrected chi connectivity index (χ0v) is 12.1. The summed E-state index contributed by atoms with van der Waals surface area (Å²) in [5.74, 6) is 0.340. The van der Waals surface area contributed by atoms with Crippen LogP contribution in [0.25, 0.3) is 0 Å². The average Bonchev–Trinajstić information content (AvgIpc) is 2.96. The van der Waals surface area contributed by atoms with Crippen LogP contribution in [0, 0.1) is 6.92 Å². The maximum Gasteiger partial charge on any atom is 0.224 e. The minimum atomic E-state index is -0.218. The van der Waals surface area contributed by atoms with Crippen LogP contribution in [0.4, 0.5) is 0 Å². The molecule has 1 N–H and O–H groups in total. The first-order chi connectivity index (χ1) is 9.71. The van der Waals surface area contributed by atoms with Crippen LogP contribution < -0.4 is 5.32 Å². The first-order valence-corrected chi connectivity index (χ1v) is 7.88. The second-order valence-corrected chi connectivity index (χ2v) is 6.59. The Hall–Kier alpha value is -1.35. The third kappa shape index (κ3) is 1.59. The van der Waals surface area contributed by atoms with Crippen molar-refractivity contribution in [2.24, 2.45) is 0 Å². The minimum absolute atomic E-state index is 0.218. The molecule has 2 heterocycles. The van der Waals surface area contributed by atoms with Crippen molar-refractivity contribution in [1.29, 1.82) is 0 Å². The summed E-state index contributed by atoms with van der Waals surface area (Å²) in [5, 5.41) is 3.84. The Kier molecular flexibility index (Phi) is 2.68. The third-order valence-electron chi connectivity index (χ3n) is 5.40. The van der Waals surface area contributed by atoms with Gasteiger partial charge in [0, 0.05) is 18.5 Å². The summed E-state index contributed by atoms with van der Waals surface area (Å²) in [7, 11) is 0. The first-order valence-electron chi connectivity index (χ1n) is 7.88. The maximum absolute atomic E-state index is 12.4. The lowest BCUT2D eigenvalue weighted by Crippen LogP contribution is -2.47. The molecule has 3 heteroatoms. The number of benzene rings is 1. The second kappa shape index (κ2) is 4.32. The molecule has 0 bridgehead atoms. The standard InChI is InChI=1S/C17H22N2O/c1-12-6-8-13(9-7-12)17-11-10-16(20)19(17)15-5-3-2-4-14(15)18-17/h6-9,14-15,18H,2-5,10-11H2,1H3/t14-,15+,17+/m0/s1. The van der Waals surface area contributed by atoms with Crippen molar-refractivity contribution in [3.8, 4) is 0 Å². The summed E-state index contributed by atoms with van der Waals surface area (Å²) in [6.07, 6.45) is 6.53. The summed E-state index contributed by atoms with van der Waals surface area (Å²) in [4.78, 5) is 14.6. The van der Waals surface area contributed by atoms with Crippen LogP contribution in [0.15, 0.2) is 24.3 Å². The van der Waals surface area contributed by atoms with Crippen LogP contribution in [0.5, 0.6) is 0 Å². The van der Waals surface area contributed by atoms with Gasteiger partial charge in [0.05, 0.1) is 0 Å². The van der Waals surface area contributed by atoms with Gasteiger partial charge in [-0.1, -0.05) is 42.7 Å². The van der Waals surface area contributed by atoms with E-state index < -0.39 is 0 Å². The normalized spacial score (nSPS) is 36.0. The molecule has 1 aliphatic carbocycles. The van der Waals surface area contributed by atoms with Gasteiger partial charge in [-0.15, -0.1) is 0 Å². The summed E-state index contributed by atoms with van der Waals surface area (Å²) >= 11 is 0. The second-order valence-electron chi connectivity index (χ2n) is 6.59. The van der Waals surface area contributed by atoms with Gasteiger partial charge in [-0.05, 0) is 31.7 Å². The summed E-state index contributed by atoms with van der Waals surface area (Å²) in [6, 6.07) is 9.63. The Balaban J connectivity index is 1.78. The summed E-state index contributed by atoms with van der Waals surface area (Å²) in [6.45, 7) is 2.11. The zero-order chi connectivity index (χ0) is 13.7. The lowest BCUT2D eigenvalue weighted by Gasteiger charge is -2.35. The number of nitrogens with one attached hydrogen (secondary N) is 1. The van der Waals surface area contributed by atoms with Gasteiger partial charge >= 0.3 is 0 Å². The van der Waals surface area contributed by atoms with Crippen LogP contribution >= 0.6 is 0 Å². The van der Waals surface area contributed by atoms with Crippen molar-refractivity contribution >= 4 is 5.91 Å². The van der Waals surface area contributed by atoms with E-state index in [1.165, 1.54) is 30.4 Å². The van der Waals surface area contributed by atoms with E-state index in [2.05, 4.69) is 41.4 Å². The molecule has 3 nitrogen and oxygen atoms in total. The molecule has 4 rings (SSSR count). The molecular weight excluding hydrogens is 248 g/mol. The van der Waals surface area contributed by atoms with Gasteiger partial charge in [-0.3, -0.25) is 10.1 Å². The molecule has 3 atom stereocenters. The molecule has 106 valence electrons.